The smallest absolute Gasteiger partial charge is 0.148 e. The van der Waals surface area contributed by atoms with Crippen molar-refractivity contribution in [2.45, 2.75) is 11.6 Å². The Kier molecular flexibility index (Phi) is 6.87. The van der Waals surface area contributed by atoms with E-state index in [-0.39, 0.29) is 0 Å². The predicted octanol–water partition coefficient (Wildman–Crippen LogP) is 5.52. The summed E-state index contributed by atoms with van der Waals surface area (Å²) < 4.78 is 11.2. The Bertz CT molecular complexity index is 980. The quantitative estimate of drug-likeness (QED) is 0.286. The van der Waals surface area contributed by atoms with E-state index in [1.54, 1.807) is 6.21 Å². The molecular weight excluding hydrogens is 444 g/mol. The van der Waals surface area contributed by atoms with Crippen LogP contribution in [0.25, 0.3) is 0 Å². The number of nitrogens with zero attached hydrogens (tertiary/aromatic N) is 3. The number of aromatic nitrogens is 1. The number of anilines is 1. The van der Waals surface area contributed by atoms with Gasteiger partial charge >= 0.3 is 0 Å². The second kappa shape index (κ2) is 9.55. The molecule has 5 nitrogen and oxygen atoms in total. The van der Waals surface area contributed by atoms with Crippen LogP contribution in [-0.2, 0) is 6.61 Å². The Morgan fingerprint density at radius 3 is 2.81 bits per heavy atom. The third-order valence-corrected chi connectivity index (χ3v) is 5.64. The van der Waals surface area contributed by atoms with Crippen molar-refractivity contribution in [1.82, 2.24) is 4.37 Å². The number of halogens is 1. The number of hydrogen-bond donors (Lipinski definition) is 1. The van der Waals surface area contributed by atoms with Gasteiger partial charge in [-0.25, -0.2) is 0 Å². The summed E-state index contributed by atoms with van der Waals surface area (Å²) >= 11 is 6.09. The standard InChI is InChI=1S/C19H15BrN4OS2/c1-26-19-16(10-21)18(27-24-19)23-22-11-14-4-2-3-5-17(14)25-12-13-6-8-15(20)9-7-13/h2-9,11,23H,12H2,1H3/b22-11+. The van der Waals surface area contributed by atoms with Gasteiger partial charge in [-0.3, -0.25) is 5.43 Å². The summed E-state index contributed by atoms with van der Waals surface area (Å²) in [6, 6.07) is 17.8. The third kappa shape index (κ3) is 5.10. The van der Waals surface area contributed by atoms with E-state index >= 15 is 0 Å². The van der Waals surface area contributed by atoms with Crippen molar-refractivity contribution in [3.8, 4) is 11.8 Å². The molecule has 0 aliphatic carbocycles. The number of para-hydroxylation sites is 1. The summed E-state index contributed by atoms with van der Waals surface area (Å²) in [5.41, 5.74) is 5.34. The summed E-state index contributed by atoms with van der Waals surface area (Å²) in [7, 11) is 0. The Morgan fingerprint density at radius 2 is 2.07 bits per heavy atom. The fraction of sp³-hybridized carbons (Fsp3) is 0.105. The number of nitrogens with one attached hydrogen (secondary N) is 1. The molecule has 3 rings (SSSR count). The summed E-state index contributed by atoms with van der Waals surface area (Å²) in [4.78, 5) is 0. The highest BCUT2D eigenvalue weighted by atomic mass is 79.9. The fourth-order valence-electron chi connectivity index (χ4n) is 2.21. The van der Waals surface area contributed by atoms with Crippen LogP contribution in [0.5, 0.6) is 5.75 Å². The van der Waals surface area contributed by atoms with Gasteiger partial charge in [0.05, 0.1) is 6.21 Å². The van der Waals surface area contributed by atoms with Gasteiger partial charge in [0.2, 0.25) is 0 Å². The van der Waals surface area contributed by atoms with Gasteiger partial charge in [-0.1, -0.05) is 40.2 Å². The molecule has 0 radical (unpaired) electrons. The second-order valence-corrected chi connectivity index (χ2v) is 7.81. The van der Waals surface area contributed by atoms with Gasteiger partial charge in [0.15, 0.2) is 0 Å². The lowest BCUT2D eigenvalue weighted by Crippen LogP contribution is -1.99. The first kappa shape index (κ1) is 19.4. The zero-order valence-corrected chi connectivity index (χ0v) is 17.6. The maximum Gasteiger partial charge on any atom is 0.148 e. The monoisotopic (exact) mass is 458 g/mol. The minimum atomic E-state index is 0.468. The molecule has 0 aliphatic rings. The van der Waals surface area contributed by atoms with E-state index in [2.05, 4.69) is 36.9 Å². The molecule has 0 spiro atoms. The topological polar surface area (TPSA) is 70.3 Å². The van der Waals surface area contributed by atoms with E-state index < -0.39 is 0 Å². The van der Waals surface area contributed by atoms with Gasteiger partial charge in [-0.2, -0.15) is 14.7 Å². The van der Waals surface area contributed by atoms with Crippen molar-refractivity contribution in [3.63, 3.8) is 0 Å². The molecular formula is C19H15BrN4OS2. The number of benzene rings is 2. The lowest BCUT2D eigenvalue weighted by atomic mass is 10.2. The lowest BCUT2D eigenvalue weighted by Gasteiger charge is -2.09. The van der Waals surface area contributed by atoms with Crippen LogP contribution < -0.4 is 10.2 Å². The first-order chi connectivity index (χ1) is 13.2. The van der Waals surface area contributed by atoms with E-state index in [0.29, 0.717) is 22.2 Å². The molecule has 0 unspecified atom stereocenters. The van der Waals surface area contributed by atoms with Gasteiger partial charge < -0.3 is 4.74 Å². The molecule has 8 heteroatoms. The van der Waals surface area contributed by atoms with Gasteiger partial charge in [-0.15, -0.1) is 11.8 Å². The Balaban J connectivity index is 1.68. The highest BCUT2D eigenvalue weighted by molar-refractivity contribution is 9.10. The van der Waals surface area contributed by atoms with Gasteiger partial charge in [0.1, 0.15) is 34.0 Å². The van der Waals surface area contributed by atoms with E-state index in [0.717, 1.165) is 21.3 Å². The lowest BCUT2D eigenvalue weighted by molar-refractivity contribution is 0.306. The molecule has 0 atom stereocenters. The van der Waals surface area contributed by atoms with Gasteiger partial charge in [-0.05, 0) is 47.6 Å². The Labute approximate surface area is 174 Å². The molecule has 27 heavy (non-hydrogen) atoms. The molecule has 2 aromatic carbocycles. The van der Waals surface area contributed by atoms with Crippen LogP contribution in [0.3, 0.4) is 0 Å². The summed E-state index contributed by atoms with van der Waals surface area (Å²) in [5, 5.41) is 14.8. The molecule has 1 N–H and O–H groups in total. The first-order valence-corrected chi connectivity index (χ1v) is 10.7. The highest BCUT2D eigenvalue weighted by Gasteiger charge is 2.12. The average molecular weight is 459 g/mol. The number of rotatable bonds is 7. The molecule has 136 valence electrons. The first-order valence-electron chi connectivity index (χ1n) is 7.90. The maximum absolute atomic E-state index is 9.26. The van der Waals surface area contributed by atoms with E-state index in [4.69, 9.17) is 4.74 Å². The van der Waals surface area contributed by atoms with Crippen molar-refractivity contribution >= 4 is 50.4 Å². The normalized spacial score (nSPS) is 10.7. The molecule has 1 heterocycles. The summed E-state index contributed by atoms with van der Waals surface area (Å²) in [6.45, 7) is 0.468. The maximum atomic E-state index is 9.26. The number of thioether (sulfide) groups is 1. The van der Waals surface area contributed by atoms with Crippen LogP contribution in [0, 0.1) is 11.3 Å². The van der Waals surface area contributed by atoms with Crippen molar-refractivity contribution < 1.29 is 4.74 Å². The van der Waals surface area contributed by atoms with Crippen molar-refractivity contribution in [2.24, 2.45) is 5.10 Å². The minimum Gasteiger partial charge on any atom is -0.488 e. The second-order valence-electron chi connectivity index (χ2n) is 5.33. The Morgan fingerprint density at radius 1 is 1.30 bits per heavy atom. The SMILES string of the molecule is CSc1nsc(N/N=C/c2ccccc2OCc2ccc(Br)cc2)c1C#N. The molecule has 0 saturated heterocycles. The van der Waals surface area contributed by atoms with Crippen LogP contribution in [-0.4, -0.2) is 16.8 Å². The van der Waals surface area contributed by atoms with E-state index in [1.165, 1.54) is 23.3 Å². The molecule has 0 fully saturated rings. The molecule has 3 aromatic rings. The van der Waals surface area contributed by atoms with E-state index in [9.17, 15) is 5.26 Å². The van der Waals surface area contributed by atoms with Crippen molar-refractivity contribution in [1.29, 1.82) is 5.26 Å². The molecule has 1 aromatic heterocycles. The van der Waals surface area contributed by atoms with Crippen LogP contribution in [0.1, 0.15) is 16.7 Å². The summed E-state index contributed by atoms with van der Waals surface area (Å²) in [6.07, 6.45) is 3.57. The molecule has 0 amide bonds. The number of hydrazone groups is 1. The summed E-state index contributed by atoms with van der Waals surface area (Å²) in [5.74, 6) is 0.737. The van der Waals surface area contributed by atoms with Gasteiger partial charge in [0.25, 0.3) is 0 Å². The van der Waals surface area contributed by atoms with Crippen molar-refractivity contribution in [2.75, 3.05) is 11.7 Å². The number of nitriles is 1. The number of ether oxygens (including phenoxy) is 1. The molecule has 0 bridgehead atoms. The van der Waals surface area contributed by atoms with Crippen LogP contribution >= 0.6 is 39.2 Å². The van der Waals surface area contributed by atoms with Crippen LogP contribution in [0.15, 0.2) is 63.1 Å². The van der Waals surface area contributed by atoms with Crippen molar-refractivity contribution in [3.05, 3.63) is 69.7 Å². The zero-order chi connectivity index (χ0) is 19.1. The zero-order valence-electron chi connectivity index (χ0n) is 14.3. The third-order valence-electron chi connectivity index (χ3n) is 3.56. The van der Waals surface area contributed by atoms with E-state index in [1.807, 2.05) is 54.8 Å². The minimum absolute atomic E-state index is 0.468. The molecule has 0 aliphatic heterocycles. The Hall–Kier alpha value is -2.34. The van der Waals surface area contributed by atoms with Crippen LogP contribution in [0.4, 0.5) is 5.00 Å². The molecule has 0 saturated carbocycles. The van der Waals surface area contributed by atoms with Gasteiger partial charge in [0, 0.05) is 10.0 Å². The van der Waals surface area contributed by atoms with Crippen LogP contribution in [0.2, 0.25) is 0 Å². The number of hydrogen-bond acceptors (Lipinski definition) is 7. The predicted molar refractivity (Wildman–Crippen MR) is 115 cm³/mol. The average Bonchev–Trinajstić information content (AvgIpc) is 3.10. The fourth-order valence-corrected chi connectivity index (χ4v) is 3.89. The highest BCUT2D eigenvalue weighted by Crippen LogP contribution is 2.29. The largest absolute Gasteiger partial charge is 0.488 e.